The van der Waals surface area contributed by atoms with Crippen molar-refractivity contribution in [3.63, 3.8) is 0 Å². The van der Waals surface area contributed by atoms with Gasteiger partial charge in [-0.3, -0.25) is 0 Å². The molecule has 23 heavy (non-hydrogen) atoms. The molecule has 0 amide bonds. The predicted molar refractivity (Wildman–Crippen MR) is 92.5 cm³/mol. The van der Waals surface area contributed by atoms with Gasteiger partial charge < -0.3 is 9.67 Å². The van der Waals surface area contributed by atoms with Crippen LogP contribution in [0.2, 0.25) is 0 Å². The largest absolute Gasteiger partial charge is 0.478 e. The highest BCUT2D eigenvalue weighted by molar-refractivity contribution is 6.11. The van der Waals surface area contributed by atoms with Crippen molar-refractivity contribution >= 4 is 27.8 Å². The molecule has 0 bridgehead atoms. The van der Waals surface area contributed by atoms with Gasteiger partial charge in [0.1, 0.15) is 0 Å². The minimum Gasteiger partial charge on any atom is -0.478 e. The second-order valence-electron chi connectivity index (χ2n) is 5.73. The molecule has 0 unspecified atom stereocenters. The van der Waals surface area contributed by atoms with Crippen molar-refractivity contribution in [1.82, 2.24) is 4.57 Å². The highest BCUT2D eigenvalue weighted by atomic mass is 16.4. The van der Waals surface area contributed by atoms with E-state index in [2.05, 4.69) is 41.8 Å². The van der Waals surface area contributed by atoms with E-state index in [1.165, 1.54) is 5.56 Å². The van der Waals surface area contributed by atoms with Gasteiger partial charge in [-0.05, 0) is 43.3 Å². The summed E-state index contributed by atoms with van der Waals surface area (Å²) < 4.78 is 2.18. The summed E-state index contributed by atoms with van der Waals surface area (Å²) >= 11 is 0. The molecular formula is C20H15NO2. The number of carbonyl (C=O) groups is 1. The Kier molecular flexibility index (Phi) is 2.95. The van der Waals surface area contributed by atoms with Gasteiger partial charge in [0.05, 0.1) is 16.6 Å². The molecule has 3 aromatic carbocycles. The van der Waals surface area contributed by atoms with Crippen LogP contribution >= 0.6 is 0 Å². The minimum atomic E-state index is -0.904. The van der Waals surface area contributed by atoms with E-state index in [0.29, 0.717) is 5.56 Å². The standard InChI is InChI=1S/C20H15NO2/c1-13-6-9-15(10-7-13)21-18-5-3-2-4-16(18)17-12-14(20(22)23)8-11-19(17)21/h2-12H,1H3,(H,22,23). The third-order valence-corrected chi connectivity index (χ3v) is 4.21. The van der Waals surface area contributed by atoms with Crippen LogP contribution in [0.25, 0.3) is 27.5 Å². The number of carboxylic acids is 1. The van der Waals surface area contributed by atoms with Gasteiger partial charge in [0.2, 0.25) is 0 Å². The van der Waals surface area contributed by atoms with Crippen LogP contribution in [-0.4, -0.2) is 15.6 Å². The summed E-state index contributed by atoms with van der Waals surface area (Å²) in [5, 5.41) is 11.3. The molecule has 0 radical (unpaired) electrons. The van der Waals surface area contributed by atoms with Crippen molar-refractivity contribution in [3.8, 4) is 5.69 Å². The fraction of sp³-hybridized carbons (Fsp3) is 0.0500. The maximum Gasteiger partial charge on any atom is 0.335 e. The van der Waals surface area contributed by atoms with Gasteiger partial charge >= 0.3 is 5.97 Å². The summed E-state index contributed by atoms with van der Waals surface area (Å²) in [6.07, 6.45) is 0. The first-order valence-corrected chi connectivity index (χ1v) is 7.49. The zero-order chi connectivity index (χ0) is 16.0. The van der Waals surface area contributed by atoms with Crippen LogP contribution < -0.4 is 0 Å². The maximum atomic E-state index is 11.3. The second-order valence-corrected chi connectivity index (χ2v) is 5.73. The van der Waals surface area contributed by atoms with Gasteiger partial charge in [0, 0.05) is 16.5 Å². The lowest BCUT2D eigenvalue weighted by molar-refractivity contribution is 0.0697. The molecule has 4 rings (SSSR count). The Morgan fingerprint density at radius 2 is 1.57 bits per heavy atom. The zero-order valence-corrected chi connectivity index (χ0v) is 12.7. The third-order valence-electron chi connectivity index (χ3n) is 4.21. The number of hydrogen-bond donors (Lipinski definition) is 1. The Balaban J connectivity index is 2.13. The number of rotatable bonds is 2. The van der Waals surface area contributed by atoms with Crippen molar-refractivity contribution in [2.45, 2.75) is 6.92 Å². The summed E-state index contributed by atoms with van der Waals surface area (Å²) in [6.45, 7) is 2.06. The Hall–Kier alpha value is -3.07. The molecular weight excluding hydrogens is 286 g/mol. The highest BCUT2D eigenvalue weighted by Gasteiger charge is 2.13. The molecule has 1 aromatic heterocycles. The summed E-state index contributed by atoms with van der Waals surface area (Å²) in [6, 6.07) is 21.7. The van der Waals surface area contributed by atoms with Gasteiger partial charge in [-0.15, -0.1) is 0 Å². The van der Waals surface area contributed by atoms with Gasteiger partial charge in [-0.2, -0.15) is 0 Å². The number of aryl methyl sites for hydroxylation is 1. The van der Waals surface area contributed by atoms with Crippen LogP contribution in [0.3, 0.4) is 0 Å². The summed E-state index contributed by atoms with van der Waals surface area (Å²) in [5.41, 5.74) is 4.69. The van der Waals surface area contributed by atoms with Crippen LogP contribution in [0.1, 0.15) is 15.9 Å². The third kappa shape index (κ3) is 2.09. The number of para-hydroxylation sites is 1. The first-order valence-electron chi connectivity index (χ1n) is 7.49. The molecule has 1 N–H and O–H groups in total. The molecule has 0 atom stereocenters. The van der Waals surface area contributed by atoms with Crippen LogP contribution in [0.4, 0.5) is 0 Å². The first-order chi connectivity index (χ1) is 11.1. The minimum absolute atomic E-state index is 0.310. The fourth-order valence-electron chi connectivity index (χ4n) is 3.08. The smallest absolute Gasteiger partial charge is 0.335 e. The van der Waals surface area contributed by atoms with Crippen LogP contribution in [0, 0.1) is 6.92 Å². The van der Waals surface area contributed by atoms with Gasteiger partial charge in [0.25, 0.3) is 0 Å². The highest BCUT2D eigenvalue weighted by Crippen LogP contribution is 2.32. The van der Waals surface area contributed by atoms with Crippen molar-refractivity contribution in [3.05, 3.63) is 77.9 Å². The number of aromatic nitrogens is 1. The lowest BCUT2D eigenvalue weighted by Crippen LogP contribution is -1.96. The van der Waals surface area contributed by atoms with Crippen LogP contribution in [0.15, 0.2) is 66.7 Å². The van der Waals surface area contributed by atoms with E-state index in [1.54, 1.807) is 12.1 Å². The van der Waals surface area contributed by atoms with Crippen molar-refractivity contribution in [2.75, 3.05) is 0 Å². The molecule has 0 aliphatic rings. The van der Waals surface area contributed by atoms with Crippen molar-refractivity contribution in [1.29, 1.82) is 0 Å². The van der Waals surface area contributed by atoms with E-state index in [-0.39, 0.29) is 0 Å². The molecule has 3 nitrogen and oxygen atoms in total. The maximum absolute atomic E-state index is 11.3. The molecule has 0 saturated carbocycles. The lowest BCUT2D eigenvalue weighted by atomic mass is 10.1. The van der Waals surface area contributed by atoms with E-state index in [9.17, 15) is 9.90 Å². The van der Waals surface area contributed by atoms with Gasteiger partial charge in [0.15, 0.2) is 0 Å². The summed E-state index contributed by atoms with van der Waals surface area (Å²) in [4.78, 5) is 11.3. The average Bonchev–Trinajstić information content (AvgIpc) is 2.89. The molecule has 0 aliphatic carbocycles. The molecule has 3 heteroatoms. The lowest BCUT2D eigenvalue weighted by Gasteiger charge is -2.08. The molecule has 0 saturated heterocycles. The summed E-state index contributed by atoms with van der Waals surface area (Å²) in [7, 11) is 0. The Bertz CT molecular complexity index is 1040. The molecule has 0 aliphatic heterocycles. The van der Waals surface area contributed by atoms with Gasteiger partial charge in [-0.25, -0.2) is 4.79 Å². The number of benzene rings is 3. The number of hydrogen-bond acceptors (Lipinski definition) is 1. The molecule has 112 valence electrons. The Morgan fingerprint density at radius 1 is 0.870 bits per heavy atom. The quantitative estimate of drug-likeness (QED) is 0.578. The number of carboxylic acid groups (broad SMARTS) is 1. The van der Waals surface area contributed by atoms with E-state index in [0.717, 1.165) is 27.5 Å². The van der Waals surface area contributed by atoms with Crippen LogP contribution in [0.5, 0.6) is 0 Å². The van der Waals surface area contributed by atoms with E-state index in [4.69, 9.17) is 0 Å². The number of aromatic carboxylic acids is 1. The topological polar surface area (TPSA) is 42.2 Å². The SMILES string of the molecule is Cc1ccc(-n2c3ccccc3c3cc(C(=O)O)ccc32)cc1. The Labute approximate surface area is 133 Å². The van der Waals surface area contributed by atoms with Crippen molar-refractivity contribution < 1.29 is 9.90 Å². The number of fused-ring (bicyclic) bond motifs is 3. The average molecular weight is 301 g/mol. The second kappa shape index (κ2) is 4.99. The zero-order valence-electron chi connectivity index (χ0n) is 12.7. The Morgan fingerprint density at radius 3 is 2.30 bits per heavy atom. The predicted octanol–water partition coefficient (Wildman–Crippen LogP) is 4.79. The van der Waals surface area contributed by atoms with Crippen LogP contribution in [-0.2, 0) is 0 Å². The first kappa shape index (κ1) is 13.6. The molecule has 0 spiro atoms. The molecule has 0 fully saturated rings. The molecule has 4 aromatic rings. The van der Waals surface area contributed by atoms with Gasteiger partial charge in [-0.1, -0.05) is 35.9 Å². The van der Waals surface area contributed by atoms with Crippen molar-refractivity contribution in [2.24, 2.45) is 0 Å². The van der Waals surface area contributed by atoms with E-state index < -0.39 is 5.97 Å². The molecule has 1 heterocycles. The van der Waals surface area contributed by atoms with E-state index >= 15 is 0 Å². The number of nitrogens with zero attached hydrogens (tertiary/aromatic N) is 1. The monoisotopic (exact) mass is 301 g/mol. The normalized spacial score (nSPS) is 11.2. The van der Waals surface area contributed by atoms with E-state index in [1.807, 2.05) is 24.3 Å². The summed E-state index contributed by atoms with van der Waals surface area (Å²) in [5.74, 6) is -0.904. The fourth-order valence-corrected chi connectivity index (χ4v) is 3.08.